The topological polar surface area (TPSA) is 182 Å². The first-order valence-corrected chi connectivity index (χ1v) is 22.2. The van der Waals surface area contributed by atoms with E-state index in [9.17, 15) is 27.6 Å². The number of rotatable bonds is 8. The summed E-state index contributed by atoms with van der Waals surface area (Å²) in [6, 6.07) is 5.54. The van der Waals surface area contributed by atoms with Crippen molar-refractivity contribution in [3.05, 3.63) is 42.6 Å². The predicted molar refractivity (Wildman–Crippen MR) is 213 cm³/mol. The Morgan fingerprint density at radius 1 is 1.05 bits per heavy atom. The van der Waals surface area contributed by atoms with E-state index in [0.29, 0.717) is 30.8 Å². The summed E-state index contributed by atoms with van der Waals surface area (Å²) in [5.41, 5.74) is -0.265. The molecule has 1 aromatic carbocycles. The number of sulfonamides is 1. The van der Waals surface area contributed by atoms with Crippen molar-refractivity contribution in [3.63, 3.8) is 0 Å². The number of carbonyl (C=O) groups excluding carboxylic acids is 4. The summed E-state index contributed by atoms with van der Waals surface area (Å²) in [4.78, 5) is 63.0. The fourth-order valence-corrected chi connectivity index (χ4v) is 10.1. The number of alkyl carbamates (subject to hydrolysis) is 1. The molecule has 4 amide bonds. The largest absolute Gasteiger partial charge is 0.497 e. The van der Waals surface area contributed by atoms with Gasteiger partial charge in [0.25, 0.3) is 5.91 Å². The van der Waals surface area contributed by atoms with Crippen molar-refractivity contribution in [2.45, 2.75) is 133 Å². The lowest BCUT2D eigenvalue weighted by Gasteiger charge is -2.35. The first kappa shape index (κ1) is 40.8. The van der Waals surface area contributed by atoms with Crippen LogP contribution in [0.3, 0.4) is 0 Å². The number of nitrogens with zero attached hydrogens (tertiary/aromatic N) is 2. The van der Waals surface area contributed by atoms with Crippen LogP contribution in [0.15, 0.2) is 36.9 Å². The Kier molecular flexibility index (Phi) is 11.8. The Hall–Kier alpha value is -4.40. The highest BCUT2D eigenvalue weighted by Crippen LogP contribution is 2.46. The molecular formula is C42H57N5O9S. The van der Waals surface area contributed by atoms with E-state index < -0.39 is 68.7 Å². The molecule has 0 spiro atoms. The molecular weight excluding hydrogens is 751 g/mol. The zero-order valence-corrected chi connectivity index (χ0v) is 34.2. The maximum atomic E-state index is 14.9. The lowest BCUT2D eigenvalue weighted by atomic mass is 9.83. The van der Waals surface area contributed by atoms with Crippen LogP contribution in [0.4, 0.5) is 4.79 Å². The van der Waals surface area contributed by atoms with E-state index in [4.69, 9.17) is 19.2 Å². The van der Waals surface area contributed by atoms with E-state index in [-0.39, 0.29) is 37.3 Å². The molecule has 310 valence electrons. The molecule has 57 heavy (non-hydrogen) atoms. The number of methoxy groups -OCH3 is 1. The number of benzene rings is 1. The summed E-state index contributed by atoms with van der Waals surface area (Å²) < 4.78 is 45.8. The van der Waals surface area contributed by atoms with E-state index in [2.05, 4.69) is 35.8 Å². The summed E-state index contributed by atoms with van der Waals surface area (Å²) in [7, 11) is -2.29. The maximum Gasteiger partial charge on any atom is 0.407 e. The van der Waals surface area contributed by atoms with Gasteiger partial charge in [-0.25, -0.2) is 18.2 Å². The van der Waals surface area contributed by atoms with Gasteiger partial charge in [0, 0.05) is 17.7 Å². The van der Waals surface area contributed by atoms with Crippen LogP contribution in [0.5, 0.6) is 11.5 Å². The minimum atomic E-state index is -3.90. The second kappa shape index (κ2) is 16.5. The van der Waals surface area contributed by atoms with Gasteiger partial charge in [0.2, 0.25) is 21.8 Å². The van der Waals surface area contributed by atoms with Crippen molar-refractivity contribution >= 4 is 44.7 Å². The second-order valence-corrected chi connectivity index (χ2v) is 19.4. The molecule has 5 atom stereocenters. The van der Waals surface area contributed by atoms with Crippen LogP contribution in [0.25, 0.3) is 10.9 Å². The average molecular weight is 808 g/mol. The monoisotopic (exact) mass is 807 g/mol. The fourth-order valence-electron chi connectivity index (χ4n) is 8.76. The predicted octanol–water partition coefficient (Wildman–Crippen LogP) is 5.08. The minimum absolute atomic E-state index is 0.0274. The van der Waals surface area contributed by atoms with Gasteiger partial charge in [-0.15, -0.1) is 6.58 Å². The molecule has 2 bridgehead atoms. The van der Waals surface area contributed by atoms with Gasteiger partial charge in [0.05, 0.1) is 36.7 Å². The number of ether oxygens (including phenoxy) is 3. The number of nitrogens with one attached hydrogen (secondary N) is 3. The number of aromatic nitrogens is 1. The lowest BCUT2D eigenvalue weighted by Crippen LogP contribution is -2.59. The van der Waals surface area contributed by atoms with Crippen molar-refractivity contribution in [1.29, 1.82) is 0 Å². The number of aryl methyl sites for hydroxylation is 1. The van der Waals surface area contributed by atoms with Crippen LogP contribution in [0, 0.1) is 17.3 Å². The molecule has 7 rings (SSSR count). The van der Waals surface area contributed by atoms with Crippen molar-refractivity contribution < 1.29 is 41.8 Å². The molecule has 1 aromatic heterocycles. The quantitative estimate of drug-likeness (QED) is 0.305. The molecule has 14 nitrogen and oxygen atoms in total. The number of amides is 4. The molecule has 3 aliphatic carbocycles. The van der Waals surface area contributed by atoms with Gasteiger partial charge in [0.1, 0.15) is 35.2 Å². The Morgan fingerprint density at radius 2 is 1.81 bits per heavy atom. The zero-order valence-electron chi connectivity index (χ0n) is 33.3. The lowest BCUT2D eigenvalue weighted by molar-refractivity contribution is -0.142. The van der Waals surface area contributed by atoms with Crippen molar-refractivity contribution in [2.24, 2.45) is 17.3 Å². The van der Waals surface area contributed by atoms with Crippen LogP contribution < -0.4 is 24.8 Å². The van der Waals surface area contributed by atoms with E-state index >= 15 is 0 Å². The number of fused-ring (bicyclic) bond motifs is 4. The second-order valence-electron chi connectivity index (χ2n) is 17.5. The van der Waals surface area contributed by atoms with Crippen LogP contribution >= 0.6 is 0 Å². The highest BCUT2D eigenvalue weighted by molar-refractivity contribution is 7.91. The highest BCUT2D eigenvalue weighted by atomic mass is 32.2. The van der Waals surface area contributed by atoms with Gasteiger partial charge in [-0.1, -0.05) is 52.0 Å². The van der Waals surface area contributed by atoms with Crippen LogP contribution in [0.2, 0.25) is 0 Å². The van der Waals surface area contributed by atoms with Crippen LogP contribution in [-0.4, -0.2) is 91.4 Å². The van der Waals surface area contributed by atoms with Gasteiger partial charge in [-0.3, -0.25) is 19.1 Å². The van der Waals surface area contributed by atoms with Crippen LogP contribution in [0.1, 0.15) is 103 Å². The van der Waals surface area contributed by atoms with Crippen molar-refractivity contribution in [3.8, 4) is 11.5 Å². The van der Waals surface area contributed by atoms with Gasteiger partial charge in [-0.2, -0.15) is 0 Å². The molecule has 0 unspecified atom stereocenters. The minimum Gasteiger partial charge on any atom is -0.497 e. The summed E-state index contributed by atoms with van der Waals surface area (Å²) in [6.07, 6.45) is 9.85. The summed E-state index contributed by atoms with van der Waals surface area (Å²) in [5, 5.41) is 5.96. The standard InChI is InChI=1S/C42H57N5O9S/c1-5-28-23-42(28,39(50)46-57(52,53)31-16-17-31)45-37(48)34-22-30-24-47(34)38(49)36(26-12-8-6-9-13-26)44-40(51)55-25-41(2,3)19-11-7-10-14-33-35(56-30)21-27-20-29(54-4)15-18-32(27)43-33/h5,15,18,20-21,26,28,30-31,34,36H,1,6-14,16-17,19,22-25H2,2-4H3,(H,44,51)(H,45,48)(H,46,50)/t28-,30-,34+,36+,42-/m1/s1. The van der Waals surface area contributed by atoms with Gasteiger partial charge in [-0.05, 0) is 87.0 Å². The van der Waals surface area contributed by atoms with Crippen molar-refractivity contribution in [2.75, 3.05) is 20.3 Å². The molecule has 1 saturated heterocycles. The summed E-state index contributed by atoms with van der Waals surface area (Å²) in [6.45, 7) is 8.15. The third-order valence-corrected chi connectivity index (χ3v) is 14.3. The molecule has 2 aliphatic heterocycles. The summed E-state index contributed by atoms with van der Waals surface area (Å²) >= 11 is 0. The van der Waals surface area contributed by atoms with Gasteiger partial charge in [0.15, 0.2) is 0 Å². The molecule has 0 radical (unpaired) electrons. The number of hydrogen-bond donors (Lipinski definition) is 3. The third-order valence-electron chi connectivity index (χ3n) is 12.5. The maximum absolute atomic E-state index is 14.9. The fraction of sp³-hybridized carbons (Fsp3) is 0.643. The highest BCUT2D eigenvalue weighted by Gasteiger charge is 2.62. The van der Waals surface area contributed by atoms with E-state index in [1.54, 1.807) is 7.11 Å². The first-order chi connectivity index (χ1) is 27.2. The van der Waals surface area contributed by atoms with E-state index in [1.807, 2.05) is 24.3 Å². The Bertz CT molecular complexity index is 2000. The van der Waals surface area contributed by atoms with Crippen LogP contribution in [-0.2, 0) is 35.6 Å². The zero-order chi connectivity index (χ0) is 40.5. The Labute approximate surface area is 335 Å². The first-order valence-electron chi connectivity index (χ1n) is 20.6. The number of pyridine rings is 1. The Balaban J connectivity index is 1.23. The molecule has 3 heterocycles. The molecule has 2 aromatic rings. The molecule has 3 N–H and O–H groups in total. The van der Waals surface area contributed by atoms with E-state index in [0.717, 1.165) is 74.4 Å². The number of cyclic esters (lactones) is 1. The summed E-state index contributed by atoms with van der Waals surface area (Å²) in [5.74, 6) is -1.32. The average Bonchev–Trinajstić information content (AvgIpc) is 4.12. The van der Waals surface area contributed by atoms with Gasteiger partial charge >= 0.3 is 6.09 Å². The molecule has 5 aliphatic rings. The Morgan fingerprint density at radius 3 is 2.51 bits per heavy atom. The third kappa shape index (κ3) is 9.18. The molecule has 3 saturated carbocycles. The number of carbonyl (C=O) groups is 4. The van der Waals surface area contributed by atoms with Gasteiger partial charge < -0.3 is 29.7 Å². The molecule has 4 fully saturated rings. The SMILES string of the molecule is C=C[C@@H]1C[C@]1(NC(=O)[C@@H]1C[C@@H]2CN1C(=O)[C@H](C1CCCCC1)NC(=O)OCC(C)(C)CCCCCc1nc3ccc(OC)cc3cc1O2)C(=O)NS(=O)(=O)C1CC1. The smallest absolute Gasteiger partial charge is 0.407 e. The van der Waals surface area contributed by atoms with Crippen molar-refractivity contribution in [1.82, 2.24) is 25.2 Å². The normalized spacial score (nSPS) is 28.7. The number of hydrogen-bond acceptors (Lipinski definition) is 10. The molecule has 15 heteroatoms. The van der Waals surface area contributed by atoms with E-state index in [1.165, 1.54) is 11.0 Å².